The fraction of sp³-hybridized carbons (Fsp3) is 0.818. The third kappa shape index (κ3) is 5.93. The molecule has 0 bridgehead atoms. The SMILES string of the molecule is CC(N)CCCN.O=C(O)C1(C(=O)O)CCC1.[Pt]. The molecule has 0 aromatic rings. The van der Waals surface area contributed by atoms with Crippen LogP contribution in [0, 0.1) is 5.41 Å². The standard InChI is InChI=1S/C6H8O4.C5H14N2.Pt/c7-4(8)6(5(9)10)2-1-3-6;1-5(7)3-2-4-6;/h1-3H2,(H,7,8)(H,9,10);5H,2-4,6-7H2,1H3;. The van der Waals surface area contributed by atoms with Crippen molar-refractivity contribution in [1.29, 1.82) is 0 Å². The minimum atomic E-state index is -1.44. The molecule has 1 aliphatic carbocycles. The van der Waals surface area contributed by atoms with Gasteiger partial charge in [0.1, 0.15) is 0 Å². The third-order valence-corrected chi connectivity index (χ3v) is 2.89. The van der Waals surface area contributed by atoms with E-state index in [1.165, 1.54) is 0 Å². The van der Waals surface area contributed by atoms with Crippen LogP contribution in [0.15, 0.2) is 0 Å². The Kier molecular flexibility index (Phi) is 10.5. The van der Waals surface area contributed by atoms with Gasteiger partial charge in [-0.15, -0.1) is 0 Å². The Labute approximate surface area is 121 Å². The van der Waals surface area contributed by atoms with Crippen LogP contribution in [0.25, 0.3) is 0 Å². The first kappa shape index (κ1) is 19.9. The number of carboxylic acids is 2. The summed E-state index contributed by atoms with van der Waals surface area (Å²) in [6, 6.07) is 0.323. The van der Waals surface area contributed by atoms with E-state index in [9.17, 15) is 9.59 Å². The summed E-state index contributed by atoms with van der Waals surface area (Å²) in [4.78, 5) is 20.7. The van der Waals surface area contributed by atoms with Gasteiger partial charge in [-0.2, -0.15) is 0 Å². The Morgan fingerprint density at radius 1 is 1.28 bits per heavy atom. The van der Waals surface area contributed by atoms with Crippen molar-refractivity contribution in [3.63, 3.8) is 0 Å². The molecule has 1 saturated carbocycles. The molecule has 0 aliphatic heterocycles. The van der Waals surface area contributed by atoms with Crippen LogP contribution in [-0.2, 0) is 30.7 Å². The topological polar surface area (TPSA) is 127 Å². The van der Waals surface area contributed by atoms with Crippen LogP contribution in [0.4, 0.5) is 0 Å². The maximum atomic E-state index is 10.4. The van der Waals surface area contributed by atoms with E-state index in [4.69, 9.17) is 21.7 Å². The smallest absolute Gasteiger partial charge is 0.321 e. The average Bonchev–Trinajstić information content (AvgIpc) is 2.12. The van der Waals surface area contributed by atoms with Crippen molar-refractivity contribution < 1.29 is 40.9 Å². The maximum absolute atomic E-state index is 10.4. The summed E-state index contributed by atoms with van der Waals surface area (Å²) in [5, 5.41) is 16.9. The molecule has 0 radical (unpaired) electrons. The number of carbonyl (C=O) groups is 2. The van der Waals surface area contributed by atoms with Crippen molar-refractivity contribution in [3.05, 3.63) is 0 Å². The molecule has 0 amide bonds. The van der Waals surface area contributed by atoms with E-state index < -0.39 is 17.4 Å². The second-order valence-electron chi connectivity index (χ2n) is 4.45. The van der Waals surface area contributed by atoms with Gasteiger partial charge in [-0.25, -0.2) is 0 Å². The third-order valence-electron chi connectivity index (χ3n) is 2.89. The van der Waals surface area contributed by atoms with Gasteiger partial charge in [-0.05, 0) is 45.6 Å². The molecule has 110 valence electrons. The Morgan fingerprint density at radius 3 is 1.78 bits per heavy atom. The first-order chi connectivity index (χ1) is 7.86. The molecular formula is C11H22N2O4Pt. The molecule has 18 heavy (non-hydrogen) atoms. The van der Waals surface area contributed by atoms with Crippen LogP contribution in [0.3, 0.4) is 0 Å². The van der Waals surface area contributed by atoms with Gasteiger partial charge in [0.15, 0.2) is 5.41 Å². The molecule has 1 aliphatic rings. The van der Waals surface area contributed by atoms with Crippen LogP contribution >= 0.6 is 0 Å². The monoisotopic (exact) mass is 441 g/mol. The number of hydrogen-bond acceptors (Lipinski definition) is 4. The molecule has 0 aromatic carbocycles. The van der Waals surface area contributed by atoms with Gasteiger partial charge >= 0.3 is 11.9 Å². The fourth-order valence-corrected chi connectivity index (χ4v) is 1.49. The first-order valence-corrected chi connectivity index (χ1v) is 5.79. The summed E-state index contributed by atoms with van der Waals surface area (Å²) in [5.74, 6) is -2.41. The second kappa shape index (κ2) is 9.47. The van der Waals surface area contributed by atoms with Crippen LogP contribution in [0.1, 0.15) is 39.0 Å². The molecule has 0 saturated heterocycles. The molecule has 0 aromatic heterocycles. The van der Waals surface area contributed by atoms with Crippen molar-refractivity contribution in [3.8, 4) is 0 Å². The fourth-order valence-electron chi connectivity index (χ4n) is 1.49. The minimum Gasteiger partial charge on any atom is -0.480 e. The van der Waals surface area contributed by atoms with E-state index in [1.807, 2.05) is 6.92 Å². The normalized spacial score (nSPS) is 17.3. The van der Waals surface area contributed by atoms with Gasteiger partial charge < -0.3 is 21.7 Å². The molecule has 0 heterocycles. The predicted molar refractivity (Wildman–Crippen MR) is 63.5 cm³/mol. The Balaban J connectivity index is 0. The average molecular weight is 441 g/mol. The summed E-state index contributed by atoms with van der Waals surface area (Å²) < 4.78 is 0. The van der Waals surface area contributed by atoms with Crippen molar-refractivity contribution in [2.45, 2.75) is 45.1 Å². The zero-order valence-electron chi connectivity index (χ0n) is 10.5. The molecule has 1 rings (SSSR count). The second-order valence-corrected chi connectivity index (χ2v) is 4.45. The number of aliphatic carboxylic acids is 2. The summed E-state index contributed by atoms with van der Waals surface area (Å²) >= 11 is 0. The Bertz CT molecular complexity index is 252. The summed E-state index contributed by atoms with van der Waals surface area (Å²) in [6.45, 7) is 2.76. The van der Waals surface area contributed by atoms with Crippen LogP contribution < -0.4 is 11.5 Å². The van der Waals surface area contributed by atoms with E-state index in [-0.39, 0.29) is 33.9 Å². The largest absolute Gasteiger partial charge is 0.480 e. The molecular weight excluding hydrogens is 419 g/mol. The summed E-state index contributed by atoms with van der Waals surface area (Å²) in [6.07, 6.45) is 3.36. The van der Waals surface area contributed by atoms with Crippen molar-refractivity contribution in [2.75, 3.05) is 6.54 Å². The van der Waals surface area contributed by atoms with E-state index in [0.29, 0.717) is 12.5 Å². The maximum Gasteiger partial charge on any atom is 0.321 e. The van der Waals surface area contributed by atoms with E-state index in [2.05, 4.69) is 0 Å². The van der Waals surface area contributed by atoms with Gasteiger partial charge in [-0.3, -0.25) is 9.59 Å². The van der Waals surface area contributed by atoms with Gasteiger partial charge in [0.25, 0.3) is 0 Å². The van der Waals surface area contributed by atoms with E-state index in [0.717, 1.165) is 19.4 Å². The Hall–Kier alpha value is -0.452. The van der Waals surface area contributed by atoms with Crippen molar-refractivity contribution >= 4 is 11.9 Å². The van der Waals surface area contributed by atoms with Gasteiger partial charge in [0.05, 0.1) is 0 Å². The van der Waals surface area contributed by atoms with Crippen molar-refractivity contribution in [2.24, 2.45) is 16.9 Å². The van der Waals surface area contributed by atoms with Crippen LogP contribution in [0.2, 0.25) is 0 Å². The molecule has 1 unspecified atom stereocenters. The number of nitrogens with two attached hydrogens (primary N) is 2. The predicted octanol–water partition coefficient (Wildman–Crippen LogP) is 0.396. The Morgan fingerprint density at radius 2 is 1.72 bits per heavy atom. The van der Waals surface area contributed by atoms with Crippen LogP contribution in [0.5, 0.6) is 0 Å². The number of rotatable bonds is 5. The zero-order valence-corrected chi connectivity index (χ0v) is 12.8. The summed E-state index contributed by atoms with van der Waals surface area (Å²) in [7, 11) is 0. The van der Waals surface area contributed by atoms with Gasteiger partial charge in [0, 0.05) is 27.1 Å². The summed E-state index contributed by atoms with van der Waals surface area (Å²) in [5.41, 5.74) is 9.20. The number of hydrogen-bond donors (Lipinski definition) is 4. The van der Waals surface area contributed by atoms with E-state index in [1.54, 1.807) is 0 Å². The molecule has 1 atom stereocenters. The molecule has 0 spiro atoms. The molecule has 1 fully saturated rings. The first-order valence-electron chi connectivity index (χ1n) is 5.79. The minimum absolute atomic E-state index is 0. The molecule has 7 heteroatoms. The molecule has 6 nitrogen and oxygen atoms in total. The van der Waals surface area contributed by atoms with Gasteiger partial charge in [-0.1, -0.05) is 0 Å². The zero-order chi connectivity index (χ0) is 13.5. The van der Waals surface area contributed by atoms with Crippen LogP contribution in [-0.4, -0.2) is 34.7 Å². The quantitative estimate of drug-likeness (QED) is 0.458. The molecule has 6 N–H and O–H groups in total. The van der Waals surface area contributed by atoms with E-state index >= 15 is 0 Å². The number of carboxylic acid groups (broad SMARTS) is 2. The van der Waals surface area contributed by atoms with Gasteiger partial charge in [0.2, 0.25) is 0 Å². The van der Waals surface area contributed by atoms with Crippen molar-refractivity contribution in [1.82, 2.24) is 0 Å².